The molecule has 2 rings (SSSR count). The van der Waals surface area contributed by atoms with Crippen LogP contribution in [0.3, 0.4) is 0 Å². The van der Waals surface area contributed by atoms with Gasteiger partial charge < -0.3 is 15.4 Å². The number of urea groups is 1. The third-order valence-electron chi connectivity index (χ3n) is 1.69. The second-order valence-corrected chi connectivity index (χ2v) is 3.02. The van der Waals surface area contributed by atoms with Crippen LogP contribution < -0.4 is 21.9 Å². The molecule has 1 fully saturated rings. The van der Waals surface area contributed by atoms with Crippen molar-refractivity contribution in [2.24, 2.45) is 0 Å². The number of rotatable bonds is 0. The van der Waals surface area contributed by atoms with Gasteiger partial charge in [-0.1, -0.05) is 0 Å². The highest BCUT2D eigenvalue weighted by Crippen LogP contribution is 1.86. The molecular weight excluding hydrogens is 248 g/mol. The van der Waals surface area contributed by atoms with Crippen LogP contribution in [0.25, 0.3) is 0 Å². The molecule has 2 heterocycles. The lowest BCUT2D eigenvalue weighted by atomic mass is 10.3. The highest BCUT2D eigenvalue weighted by Gasteiger charge is 2.21. The van der Waals surface area contributed by atoms with E-state index >= 15 is 0 Å². The van der Waals surface area contributed by atoms with Crippen LogP contribution >= 0.6 is 0 Å². The molecule has 0 radical (unpaired) electrons. The normalized spacial score (nSPS) is 14.1. The summed E-state index contributed by atoms with van der Waals surface area (Å²) in [4.78, 5) is 55.3. The van der Waals surface area contributed by atoms with Crippen LogP contribution in [-0.4, -0.2) is 39.3 Å². The number of hydrogen-bond acceptors (Lipinski definition) is 6. The van der Waals surface area contributed by atoms with Crippen LogP contribution in [0.15, 0.2) is 15.8 Å². The van der Waals surface area contributed by atoms with Gasteiger partial charge in [0, 0.05) is 0 Å². The SMILES string of the molecule is O=C1NCC(=O)C(=O)N1.O=c1[nH]cc(O)c(=O)[nH]1. The molecule has 5 N–H and O–H groups in total. The third kappa shape index (κ3) is 3.59. The molecule has 1 saturated heterocycles. The van der Waals surface area contributed by atoms with E-state index < -0.39 is 34.7 Å². The Morgan fingerprint density at radius 3 is 2.22 bits per heavy atom. The van der Waals surface area contributed by atoms with Crippen molar-refractivity contribution in [1.29, 1.82) is 0 Å². The van der Waals surface area contributed by atoms with Crippen molar-refractivity contribution >= 4 is 17.7 Å². The molecule has 0 aliphatic carbocycles. The summed E-state index contributed by atoms with van der Waals surface area (Å²) in [5.41, 5.74) is -1.41. The predicted molar refractivity (Wildman–Crippen MR) is 55.9 cm³/mol. The Morgan fingerprint density at radius 2 is 1.78 bits per heavy atom. The fourth-order valence-corrected chi connectivity index (χ4v) is 0.861. The Labute approximate surface area is 98.0 Å². The minimum absolute atomic E-state index is 0.190. The summed E-state index contributed by atoms with van der Waals surface area (Å²) in [6.45, 7) is -0.190. The van der Waals surface area contributed by atoms with Crippen molar-refractivity contribution in [3.05, 3.63) is 27.0 Å². The first-order chi connectivity index (χ1) is 8.40. The first-order valence-corrected chi connectivity index (χ1v) is 4.53. The number of hydrogen-bond donors (Lipinski definition) is 5. The number of imide groups is 1. The fourth-order valence-electron chi connectivity index (χ4n) is 0.861. The minimum Gasteiger partial charge on any atom is -0.502 e. The number of aromatic nitrogens is 2. The summed E-state index contributed by atoms with van der Waals surface area (Å²) in [5, 5.41) is 12.5. The van der Waals surface area contributed by atoms with Gasteiger partial charge in [-0.2, -0.15) is 0 Å². The van der Waals surface area contributed by atoms with Crippen molar-refractivity contribution < 1.29 is 19.5 Å². The first kappa shape index (κ1) is 13.2. The molecular formula is C8H8N4O6. The molecule has 1 aliphatic rings. The van der Waals surface area contributed by atoms with Gasteiger partial charge in [-0.3, -0.25) is 24.7 Å². The van der Waals surface area contributed by atoms with Crippen molar-refractivity contribution in [3.63, 3.8) is 0 Å². The predicted octanol–water partition coefficient (Wildman–Crippen LogP) is -2.84. The van der Waals surface area contributed by atoms with Gasteiger partial charge in [0.25, 0.3) is 11.5 Å². The molecule has 3 amide bonds. The lowest BCUT2D eigenvalue weighted by molar-refractivity contribution is -0.137. The molecule has 1 aliphatic heterocycles. The van der Waals surface area contributed by atoms with E-state index in [4.69, 9.17) is 5.11 Å². The number of H-pyrrole nitrogens is 2. The second-order valence-electron chi connectivity index (χ2n) is 3.02. The van der Waals surface area contributed by atoms with Crippen molar-refractivity contribution in [1.82, 2.24) is 20.6 Å². The molecule has 18 heavy (non-hydrogen) atoms. The summed E-state index contributed by atoms with van der Waals surface area (Å²) in [7, 11) is 0. The van der Waals surface area contributed by atoms with Crippen LogP contribution in [0, 0.1) is 0 Å². The quantitative estimate of drug-likeness (QED) is 0.314. The number of nitrogens with one attached hydrogen (secondary N) is 4. The lowest BCUT2D eigenvalue weighted by Crippen LogP contribution is -2.52. The smallest absolute Gasteiger partial charge is 0.325 e. The van der Waals surface area contributed by atoms with Gasteiger partial charge in [0.05, 0.1) is 12.7 Å². The molecule has 0 spiro atoms. The van der Waals surface area contributed by atoms with E-state index in [2.05, 4.69) is 10.3 Å². The second kappa shape index (κ2) is 5.43. The van der Waals surface area contributed by atoms with E-state index in [1.165, 1.54) is 0 Å². The topological polar surface area (TPSA) is 161 Å². The van der Waals surface area contributed by atoms with Gasteiger partial charge >= 0.3 is 11.7 Å². The Bertz CT molecular complexity index is 600. The maximum absolute atomic E-state index is 10.3. The summed E-state index contributed by atoms with van der Waals surface area (Å²) >= 11 is 0. The van der Waals surface area contributed by atoms with Crippen LogP contribution in [-0.2, 0) is 9.59 Å². The van der Waals surface area contributed by atoms with Crippen LogP contribution in [0.4, 0.5) is 4.79 Å². The van der Waals surface area contributed by atoms with Gasteiger partial charge in [0.1, 0.15) is 0 Å². The number of carbonyl (C=O) groups is 3. The minimum atomic E-state index is -0.834. The zero-order chi connectivity index (χ0) is 13.7. The Balaban J connectivity index is 0.000000180. The Morgan fingerprint density at radius 1 is 1.11 bits per heavy atom. The van der Waals surface area contributed by atoms with Crippen molar-refractivity contribution in [2.45, 2.75) is 0 Å². The lowest BCUT2D eigenvalue weighted by Gasteiger charge is -2.09. The average molecular weight is 256 g/mol. The van der Waals surface area contributed by atoms with Crippen molar-refractivity contribution in [3.8, 4) is 5.75 Å². The van der Waals surface area contributed by atoms with E-state index in [1.807, 2.05) is 4.98 Å². The van der Waals surface area contributed by atoms with Gasteiger partial charge in [-0.05, 0) is 0 Å². The van der Waals surface area contributed by atoms with Crippen LogP contribution in [0.2, 0.25) is 0 Å². The molecule has 0 aromatic carbocycles. The molecule has 1 aromatic rings. The summed E-state index contributed by atoms with van der Waals surface area (Å²) < 4.78 is 0. The summed E-state index contributed by atoms with van der Waals surface area (Å²) in [6.07, 6.45) is 0.932. The Kier molecular flexibility index (Phi) is 3.97. The Hall–Kier alpha value is -2.91. The maximum atomic E-state index is 10.3. The van der Waals surface area contributed by atoms with Crippen LogP contribution in [0.1, 0.15) is 0 Å². The molecule has 0 saturated carbocycles. The monoisotopic (exact) mass is 256 g/mol. The summed E-state index contributed by atoms with van der Waals surface area (Å²) in [6, 6.07) is -0.611. The van der Waals surface area contributed by atoms with Crippen LogP contribution in [0.5, 0.6) is 5.75 Å². The molecule has 1 aromatic heterocycles. The van der Waals surface area contributed by atoms with E-state index in [0.717, 1.165) is 6.20 Å². The molecule has 0 bridgehead atoms. The van der Waals surface area contributed by atoms with Gasteiger partial charge in [0.2, 0.25) is 5.78 Å². The third-order valence-corrected chi connectivity index (χ3v) is 1.69. The molecule has 10 nitrogen and oxygen atoms in total. The highest BCUT2D eigenvalue weighted by molar-refractivity contribution is 6.41. The highest BCUT2D eigenvalue weighted by atomic mass is 16.3. The van der Waals surface area contributed by atoms with Gasteiger partial charge in [0.15, 0.2) is 5.75 Å². The van der Waals surface area contributed by atoms with E-state index in [9.17, 15) is 24.0 Å². The maximum Gasteiger partial charge on any atom is 0.325 e. The zero-order valence-corrected chi connectivity index (χ0v) is 8.77. The molecule has 10 heteroatoms. The number of ketones is 1. The van der Waals surface area contributed by atoms with E-state index in [-0.39, 0.29) is 6.54 Å². The number of Topliss-reactive ketones (excluding diaryl/α,β-unsaturated/α-hetero) is 1. The largest absolute Gasteiger partial charge is 0.502 e. The van der Waals surface area contributed by atoms with E-state index in [1.54, 1.807) is 5.32 Å². The standard InChI is InChI=1S/2C4H4N2O3/c2*7-2-1-5-4(9)6-3(2)8/h1H2,(H2,5,6,8,9);1,7H,(H2,5,6,8,9). The number of carbonyl (C=O) groups excluding carboxylic acids is 3. The van der Waals surface area contributed by atoms with Gasteiger partial charge in [-0.15, -0.1) is 0 Å². The fraction of sp³-hybridized carbons (Fsp3) is 0.125. The van der Waals surface area contributed by atoms with Gasteiger partial charge in [-0.25, -0.2) is 9.59 Å². The number of aromatic hydroxyl groups is 1. The zero-order valence-electron chi connectivity index (χ0n) is 8.77. The molecule has 0 unspecified atom stereocenters. The number of amides is 3. The summed E-state index contributed by atoms with van der Waals surface area (Å²) in [5.74, 6) is -1.94. The molecule has 96 valence electrons. The van der Waals surface area contributed by atoms with E-state index in [0.29, 0.717) is 0 Å². The average Bonchev–Trinajstić information content (AvgIpc) is 2.30. The first-order valence-electron chi connectivity index (χ1n) is 4.53. The van der Waals surface area contributed by atoms with Crippen molar-refractivity contribution in [2.75, 3.05) is 6.54 Å². The molecule has 0 atom stereocenters. The number of aromatic amines is 2.